The molecule has 1 aliphatic rings. The number of benzene rings is 1. The van der Waals surface area contributed by atoms with Crippen LogP contribution in [0.15, 0.2) is 30.3 Å². The predicted octanol–water partition coefficient (Wildman–Crippen LogP) is 1.94. The molecule has 0 unspecified atom stereocenters. The van der Waals surface area contributed by atoms with Crippen molar-refractivity contribution in [3.8, 4) is 5.75 Å². The van der Waals surface area contributed by atoms with Crippen LogP contribution in [-0.2, 0) is 9.53 Å². The Bertz CT molecular complexity index is 742. The summed E-state index contributed by atoms with van der Waals surface area (Å²) >= 11 is 1.18. The normalized spacial score (nSPS) is 14.2. The molecule has 2 heterocycles. The summed E-state index contributed by atoms with van der Waals surface area (Å²) in [7, 11) is 0. The van der Waals surface area contributed by atoms with Gasteiger partial charge in [0.25, 0.3) is 11.8 Å². The maximum atomic E-state index is 12.5. The van der Waals surface area contributed by atoms with Crippen LogP contribution in [0.4, 0.5) is 5.13 Å². The number of nitrogens with zero attached hydrogens (tertiary/aromatic N) is 2. The zero-order valence-corrected chi connectivity index (χ0v) is 14.7. The maximum Gasteiger partial charge on any atom is 0.266 e. The minimum absolute atomic E-state index is 0.0701. The first-order valence-corrected chi connectivity index (χ1v) is 8.77. The third-order valence-electron chi connectivity index (χ3n) is 3.65. The zero-order chi connectivity index (χ0) is 17.6. The molecule has 8 heteroatoms. The third-order valence-corrected chi connectivity index (χ3v) is 4.71. The molecule has 1 aliphatic heterocycles. The molecule has 1 aromatic heterocycles. The summed E-state index contributed by atoms with van der Waals surface area (Å²) in [5.41, 5.74) is 0.612. The number of amides is 2. The van der Waals surface area contributed by atoms with Crippen LogP contribution >= 0.6 is 11.3 Å². The van der Waals surface area contributed by atoms with E-state index in [-0.39, 0.29) is 18.4 Å². The van der Waals surface area contributed by atoms with Crippen LogP contribution in [0.1, 0.15) is 15.4 Å². The van der Waals surface area contributed by atoms with Crippen molar-refractivity contribution in [2.75, 3.05) is 38.2 Å². The second kappa shape index (κ2) is 8.09. The van der Waals surface area contributed by atoms with E-state index in [9.17, 15) is 9.59 Å². The molecule has 1 aromatic carbocycles. The number of aryl methyl sites for hydroxylation is 1. The first-order valence-electron chi connectivity index (χ1n) is 7.95. The van der Waals surface area contributed by atoms with Crippen molar-refractivity contribution < 1.29 is 19.1 Å². The molecule has 132 valence electrons. The van der Waals surface area contributed by atoms with Gasteiger partial charge in [-0.05, 0) is 19.1 Å². The lowest BCUT2D eigenvalue weighted by Gasteiger charge is -2.26. The molecule has 1 saturated heterocycles. The molecule has 25 heavy (non-hydrogen) atoms. The molecule has 7 nitrogen and oxygen atoms in total. The Kier molecular flexibility index (Phi) is 5.62. The Balaban J connectivity index is 1.58. The van der Waals surface area contributed by atoms with Gasteiger partial charge < -0.3 is 14.4 Å². The average Bonchev–Trinajstić information content (AvgIpc) is 3.01. The average molecular weight is 361 g/mol. The van der Waals surface area contributed by atoms with Crippen LogP contribution in [0, 0.1) is 6.92 Å². The number of ether oxygens (including phenoxy) is 2. The minimum Gasteiger partial charge on any atom is -0.484 e. The lowest BCUT2D eigenvalue weighted by atomic mass is 10.3. The summed E-state index contributed by atoms with van der Waals surface area (Å²) in [5, 5.41) is 3.08. The summed E-state index contributed by atoms with van der Waals surface area (Å²) in [4.78, 5) is 31.1. The molecule has 0 atom stereocenters. The topological polar surface area (TPSA) is 80.8 Å². The van der Waals surface area contributed by atoms with E-state index in [0.29, 0.717) is 47.8 Å². The minimum atomic E-state index is -0.317. The van der Waals surface area contributed by atoms with Crippen LogP contribution in [0.3, 0.4) is 0 Å². The third kappa shape index (κ3) is 4.55. The number of anilines is 1. The van der Waals surface area contributed by atoms with Crippen molar-refractivity contribution in [2.24, 2.45) is 0 Å². The lowest BCUT2D eigenvalue weighted by Crippen LogP contribution is -2.40. The van der Waals surface area contributed by atoms with E-state index in [1.54, 1.807) is 24.0 Å². The van der Waals surface area contributed by atoms with E-state index in [1.807, 2.05) is 18.2 Å². The van der Waals surface area contributed by atoms with E-state index in [1.165, 1.54) is 11.3 Å². The number of carbonyl (C=O) groups is 2. The second-order valence-corrected chi connectivity index (χ2v) is 6.49. The Labute approximate surface area is 149 Å². The standard InChI is InChI=1S/C17H19N3O4S/c1-12-15(16(22)20-7-9-23-10-8-20)25-17(18-12)19-14(21)11-24-13-5-3-2-4-6-13/h2-6H,7-11H2,1H3,(H,18,19,21). The number of hydrogen-bond donors (Lipinski definition) is 1. The summed E-state index contributed by atoms with van der Waals surface area (Å²) in [6.45, 7) is 3.88. The number of rotatable bonds is 5. The van der Waals surface area contributed by atoms with Gasteiger partial charge in [0.1, 0.15) is 10.6 Å². The fraction of sp³-hybridized carbons (Fsp3) is 0.353. The van der Waals surface area contributed by atoms with Gasteiger partial charge in [-0.15, -0.1) is 0 Å². The maximum absolute atomic E-state index is 12.5. The Hall–Kier alpha value is -2.45. The molecule has 0 bridgehead atoms. The highest BCUT2D eigenvalue weighted by Crippen LogP contribution is 2.24. The Morgan fingerprint density at radius 3 is 2.72 bits per heavy atom. The van der Waals surface area contributed by atoms with Crippen molar-refractivity contribution in [3.05, 3.63) is 40.9 Å². The van der Waals surface area contributed by atoms with E-state index in [0.717, 1.165) is 0 Å². The van der Waals surface area contributed by atoms with E-state index < -0.39 is 0 Å². The number of hydrogen-bond acceptors (Lipinski definition) is 6. The number of aromatic nitrogens is 1. The molecule has 1 N–H and O–H groups in total. The van der Waals surface area contributed by atoms with Gasteiger partial charge in [-0.3, -0.25) is 14.9 Å². The van der Waals surface area contributed by atoms with Gasteiger partial charge in [-0.1, -0.05) is 29.5 Å². The molecular weight excluding hydrogens is 342 g/mol. The highest BCUT2D eigenvalue weighted by Gasteiger charge is 2.23. The number of para-hydroxylation sites is 1. The van der Waals surface area contributed by atoms with Crippen LogP contribution in [-0.4, -0.2) is 54.6 Å². The van der Waals surface area contributed by atoms with Crippen LogP contribution in [0.2, 0.25) is 0 Å². The number of nitrogens with one attached hydrogen (secondary N) is 1. The largest absolute Gasteiger partial charge is 0.484 e. The fourth-order valence-corrected chi connectivity index (χ4v) is 3.33. The molecule has 0 radical (unpaired) electrons. The molecular formula is C17H19N3O4S. The van der Waals surface area contributed by atoms with Gasteiger partial charge in [-0.25, -0.2) is 4.98 Å². The Morgan fingerprint density at radius 2 is 2.00 bits per heavy atom. The summed E-state index contributed by atoms with van der Waals surface area (Å²) in [6, 6.07) is 9.10. The van der Waals surface area contributed by atoms with Gasteiger partial charge >= 0.3 is 0 Å². The fourth-order valence-electron chi connectivity index (χ4n) is 2.38. The summed E-state index contributed by atoms with van der Waals surface area (Å²) < 4.78 is 10.7. The van der Waals surface area contributed by atoms with Gasteiger partial charge in [-0.2, -0.15) is 0 Å². The first kappa shape index (κ1) is 17.4. The van der Waals surface area contributed by atoms with Crippen molar-refractivity contribution in [1.29, 1.82) is 0 Å². The smallest absolute Gasteiger partial charge is 0.266 e. The monoisotopic (exact) mass is 361 g/mol. The van der Waals surface area contributed by atoms with Gasteiger partial charge in [0, 0.05) is 13.1 Å². The molecule has 0 spiro atoms. The van der Waals surface area contributed by atoms with Crippen LogP contribution < -0.4 is 10.1 Å². The second-order valence-electron chi connectivity index (χ2n) is 5.49. The molecule has 2 aromatic rings. The van der Waals surface area contributed by atoms with Crippen LogP contribution in [0.25, 0.3) is 0 Å². The number of carbonyl (C=O) groups excluding carboxylic acids is 2. The predicted molar refractivity (Wildman–Crippen MR) is 94.1 cm³/mol. The molecule has 3 rings (SSSR count). The van der Waals surface area contributed by atoms with E-state index >= 15 is 0 Å². The molecule has 0 saturated carbocycles. The lowest BCUT2D eigenvalue weighted by molar-refractivity contribution is -0.118. The first-order chi connectivity index (χ1) is 12.1. The van der Waals surface area contributed by atoms with Crippen LogP contribution in [0.5, 0.6) is 5.75 Å². The Morgan fingerprint density at radius 1 is 1.28 bits per heavy atom. The van der Waals surface area contributed by atoms with E-state index in [2.05, 4.69) is 10.3 Å². The number of morpholine rings is 1. The van der Waals surface area contributed by atoms with Crippen molar-refractivity contribution in [3.63, 3.8) is 0 Å². The van der Waals surface area contributed by atoms with Gasteiger partial charge in [0.05, 0.1) is 18.9 Å². The zero-order valence-electron chi connectivity index (χ0n) is 13.9. The van der Waals surface area contributed by atoms with E-state index in [4.69, 9.17) is 9.47 Å². The summed E-state index contributed by atoms with van der Waals surface area (Å²) in [5.74, 6) is 0.235. The van der Waals surface area contributed by atoms with Crippen molar-refractivity contribution in [1.82, 2.24) is 9.88 Å². The molecule has 1 fully saturated rings. The van der Waals surface area contributed by atoms with Crippen molar-refractivity contribution >= 4 is 28.3 Å². The SMILES string of the molecule is Cc1nc(NC(=O)COc2ccccc2)sc1C(=O)N1CCOCC1. The quantitative estimate of drug-likeness (QED) is 0.880. The van der Waals surface area contributed by atoms with Gasteiger partial charge in [0.2, 0.25) is 0 Å². The molecule has 2 amide bonds. The highest BCUT2D eigenvalue weighted by atomic mass is 32.1. The molecule has 0 aliphatic carbocycles. The summed E-state index contributed by atoms with van der Waals surface area (Å²) in [6.07, 6.45) is 0. The van der Waals surface area contributed by atoms with Gasteiger partial charge in [0.15, 0.2) is 11.7 Å². The highest BCUT2D eigenvalue weighted by molar-refractivity contribution is 7.17. The number of thiazole rings is 1. The van der Waals surface area contributed by atoms with Crippen molar-refractivity contribution in [2.45, 2.75) is 6.92 Å².